The second kappa shape index (κ2) is 21.1. The average Bonchev–Trinajstić information content (AvgIpc) is 2.73. The third kappa shape index (κ3) is 19.5. The summed E-state index contributed by atoms with van der Waals surface area (Å²) in [6, 6.07) is 0. The van der Waals surface area contributed by atoms with Crippen LogP contribution in [0.5, 0.6) is 0 Å². The third-order valence-corrected chi connectivity index (χ3v) is 4.80. The summed E-state index contributed by atoms with van der Waals surface area (Å²) >= 11 is 0. The SMILES string of the molecule is CCCCCCNC(=O)CN(CCN(CC)CC)C(=O)CCCCC.O=C(O)C(=O)O. The van der Waals surface area contributed by atoms with Crippen molar-refractivity contribution in [1.29, 1.82) is 0 Å². The van der Waals surface area contributed by atoms with Crippen molar-refractivity contribution in [2.45, 2.75) is 79.1 Å². The van der Waals surface area contributed by atoms with Crippen LogP contribution in [0.2, 0.25) is 0 Å². The van der Waals surface area contributed by atoms with Crippen LogP contribution in [0.4, 0.5) is 0 Å². The van der Waals surface area contributed by atoms with Gasteiger partial charge < -0.3 is 25.3 Å². The molecule has 0 saturated carbocycles. The Hall–Kier alpha value is -2.16. The second-order valence-electron chi connectivity index (χ2n) is 7.32. The molecule has 0 fully saturated rings. The standard InChI is InChI=1S/C20H41N3O2.C2H2O4/c1-5-9-11-13-15-21-19(24)18-23(17-16-22(7-3)8-4)20(25)14-12-10-6-2;3-1(4)2(5)6/h5-18H2,1-4H3,(H,21,24);(H,3,4)(H,5,6). The third-order valence-electron chi connectivity index (χ3n) is 4.80. The van der Waals surface area contributed by atoms with Gasteiger partial charge in [0.05, 0.1) is 6.54 Å². The van der Waals surface area contributed by atoms with E-state index in [0.29, 0.717) is 19.5 Å². The fourth-order valence-corrected chi connectivity index (χ4v) is 2.79. The maximum absolute atomic E-state index is 12.5. The molecule has 0 aliphatic heterocycles. The van der Waals surface area contributed by atoms with Crippen molar-refractivity contribution < 1.29 is 29.4 Å². The van der Waals surface area contributed by atoms with E-state index in [1.165, 1.54) is 12.8 Å². The lowest BCUT2D eigenvalue weighted by molar-refractivity contribution is -0.159. The van der Waals surface area contributed by atoms with Crippen LogP contribution in [0.15, 0.2) is 0 Å². The minimum atomic E-state index is -1.82. The van der Waals surface area contributed by atoms with Crippen molar-refractivity contribution in [2.75, 3.05) is 39.3 Å². The van der Waals surface area contributed by atoms with Crippen LogP contribution in [0, 0.1) is 0 Å². The molecule has 9 nitrogen and oxygen atoms in total. The number of nitrogens with one attached hydrogen (secondary N) is 1. The first kappa shape index (κ1) is 31.0. The number of aliphatic carboxylic acids is 2. The summed E-state index contributed by atoms with van der Waals surface area (Å²) in [5, 5.41) is 17.7. The lowest BCUT2D eigenvalue weighted by atomic mass is 10.2. The van der Waals surface area contributed by atoms with Crippen LogP contribution < -0.4 is 5.32 Å². The van der Waals surface area contributed by atoms with Gasteiger partial charge in [0, 0.05) is 26.1 Å². The first-order valence-electron chi connectivity index (χ1n) is 11.5. The first-order valence-corrected chi connectivity index (χ1v) is 11.5. The maximum atomic E-state index is 12.5. The van der Waals surface area contributed by atoms with E-state index in [2.05, 4.69) is 37.9 Å². The Labute approximate surface area is 187 Å². The Bertz CT molecular complexity index is 497. The minimum absolute atomic E-state index is 0.0279. The van der Waals surface area contributed by atoms with Gasteiger partial charge in [0.15, 0.2) is 0 Å². The van der Waals surface area contributed by atoms with E-state index in [-0.39, 0.29) is 18.4 Å². The molecule has 0 aliphatic rings. The molecule has 0 aliphatic carbocycles. The molecular formula is C22H43N3O6. The number of nitrogens with zero attached hydrogens (tertiary/aromatic N) is 2. The monoisotopic (exact) mass is 445 g/mol. The Morgan fingerprint density at radius 2 is 1.29 bits per heavy atom. The topological polar surface area (TPSA) is 127 Å². The van der Waals surface area contributed by atoms with E-state index in [4.69, 9.17) is 19.8 Å². The Morgan fingerprint density at radius 3 is 1.77 bits per heavy atom. The van der Waals surface area contributed by atoms with Crippen LogP contribution in [0.25, 0.3) is 0 Å². The van der Waals surface area contributed by atoms with Gasteiger partial charge in [-0.15, -0.1) is 0 Å². The lowest BCUT2D eigenvalue weighted by Crippen LogP contribution is -2.44. The van der Waals surface area contributed by atoms with Gasteiger partial charge in [-0.25, -0.2) is 9.59 Å². The molecule has 0 heterocycles. The number of likely N-dealkylation sites (N-methyl/N-ethyl adjacent to an activating group) is 1. The zero-order valence-corrected chi connectivity index (χ0v) is 19.8. The first-order chi connectivity index (χ1) is 14.7. The Morgan fingerprint density at radius 1 is 0.742 bits per heavy atom. The van der Waals surface area contributed by atoms with Crippen molar-refractivity contribution in [2.24, 2.45) is 0 Å². The minimum Gasteiger partial charge on any atom is -0.473 e. The molecule has 0 saturated heterocycles. The van der Waals surface area contributed by atoms with Crippen LogP contribution >= 0.6 is 0 Å². The summed E-state index contributed by atoms with van der Waals surface area (Å²) in [4.78, 5) is 46.9. The predicted molar refractivity (Wildman–Crippen MR) is 121 cm³/mol. The molecule has 31 heavy (non-hydrogen) atoms. The van der Waals surface area contributed by atoms with Gasteiger partial charge in [-0.1, -0.05) is 59.8 Å². The molecule has 0 radical (unpaired) electrons. The Kier molecular flexibility index (Phi) is 21.1. The second-order valence-corrected chi connectivity index (χ2v) is 7.32. The van der Waals surface area contributed by atoms with E-state index in [0.717, 1.165) is 51.7 Å². The number of hydrogen-bond acceptors (Lipinski definition) is 5. The van der Waals surface area contributed by atoms with Crippen LogP contribution in [0.1, 0.15) is 79.1 Å². The summed E-state index contributed by atoms with van der Waals surface area (Å²) in [6.07, 6.45) is 8.21. The highest BCUT2D eigenvalue weighted by Gasteiger charge is 2.17. The van der Waals surface area contributed by atoms with Gasteiger partial charge in [0.2, 0.25) is 11.8 Å². The number of rotatable bonds is 16. The molecular weight excluding hydrogens is 402 g/mol. The van der Waals surface area contributed by atoms with Gasteiger partial charge in [0.25, 0.3) is 0 Å². The molecule has 0 aromatic carbocycles. The highest BCUT2D eigenvalue weighted by Crippen LogP contribution is 2.04. The molecule has 3 N–H and O–H groups in total. The van der Waals surface area contributed by atoms with E-state index < -0.39 is 11.9 Å². The quantitative estimate of drug-likeness (QED) is 0.246. The fraction of sp³-hybridized carbons (Fsp3) is 0.818. The number of carbonyl (C=O) groups excluding carboxylic acids is 2. The molecule has 0 aromatic rings. The highest BCUT2D eigenvalue weighted by molar-refractivity contribution is 6.27. The molecule has 0 atom stereocenters. The average molecular weight is 446 g/mol. The molecule has 9 heteroatoms. The molecule has 0 unspecified atom stereocenters. The number of hydrogen-bond donors (Lipinski definition) is 3. The van der Waals surface area contributed by atoms with Crippen LogP contribution in [0.3, 0.4) is 0 Å². The van der Waals surface area contributed by atoms with Crippen molar-refractivity contribution in [3.05, 3.63) is 0 Å². The van der Waals surface area contributed by atoms with Crippen LogP contribution in [-0.4, -0.2) is 83.0 Å². The van der Waals surface area contributed by atoms with Crippen molar-refractivity contribution >= 4 is 23.8 Å². The van der Waals surface area contributed by atoms with Crippen molar-refractivity contribution in [3.63, 3.8) is 0 Å². The molecule has 0 aromatic heterocycles. The summed E-state index contributed by atoms with van der Waals surface area (Å²) < 4.78 is 0. The molecule has 0 spiro atoms. The summed E-state index contributed by atoms with van der Waals surface area (Å²) in [6.45, 7) is 12.9. The highest BCUT2D eigenvalue weighted by atomic mass is 16.4. The molecule has 0 rings (SSSR count). The largest absolute Gasteiger partial charge is 0.473 e. The van der Waals surface area contributed by atoms with Gasteiger partial charge >= 0.3 is 11.9 Å². The van der Waals surface area contributed by atoms with Crippen molar-refractivity contribution in [1.82, 2.24) is 15.1 Å². The predicted octanol–water partition coefficient (Wildman–Crippen LogP) is 2.59. The maximum Gasteiger partial charge on any atom is 0.414 e. The number of carbonyl (C=O) groups is 4. The number of unbranched alkanes of at least 4 members (excludes halogenated alkanes) is 5. The summed E-state index contributed by atoms with van der Waals surface area (Å²) in [5.74, 6) is -3.56. The fourth-order valence-electron chi connectivity index (χ4n) is 2.79. The summed E-state index contributed by atoms with van der Waals surface area (Å²) in [7, 11) is 0. The van der Waals surface area contributed by atoms with Gasteiger partial charge in [-0.3, -0.25) is 9.59 Å². The van der Waals surface area contributed by atoms with E-state index in [1.807, 2.05) is 0 Å². The zero-order chi connectivity index (χ0) is 24.1. The number of carboxylic acid groups (broad SMARTS) is 2. The molecule has 182 valence electrons. The van der Waals surface area contributed by atoms with E-state index >= 15 is 0 Å². The lowest BCUT2D eigenvalue weighted by Gasteiger charge is -2.26. The molecule has 0 bridgehead atoms. The zero-order valence-electron chi connectivity index (χ0n) is 19.8. The Balaban J connectivity index is 0. The van der Waals surface area contributed by atoms with Gasteiger partial charge in [-0.2, -0.15) is 0 Å². The number of amides is 2. The van der Waals surface area contributed by atoms with Crippen LogP contribution in [-0.2, 0) is 19.2 Å². The van der Waals surface area contributed by atoms with Gasteiger partial charge in [-0.05, 0) is 25.9 Å². The van der Waals surface area contributed by atoms with E-state index in [9.17, 15) is 9.59 Å². The smallest absolute Gasteiger partial charge is 0.414 e. The molecule has 2 amide bonds. The summed E-state index contributed by atoms with van der Waals surface area (Å²) in [5.41, 5.74) is 0. The van der Waals surface area contributed by atoms with Crippen molar-refractivity contribution in [3.8, 4) is 0 Å². The number of carboxylic acids is 2. The van der Waals surface area contributed by atoms with E-state index in [1.54, 1.807) is 4.90 Å². The van der Waals surface area contributed by atoms with Gasteiger partial charge in [0.1, 0.15) is 0 Å². The normalized spacial score (nSPS) is 10.2.